The van der Waals surface area contributed by atoms with E-state index in [-0.39, 0.29) is 24.2 Å². The van der Waals surface area contributed by atoms with Gasteiger partial charge >= 0.3 is 16.4 Å². The van der Waals surface area contributed by atoms with Crippen molar-refractivity contribution in [3.8, 4) is 0 Å². The molecule has 0 spiro atoms. The smallest absolute Gasteiger partial charge is 0.312 e. The van der Waals surface area contributed by atoms with Crippen molar-refractivity contribution in [2.24, 2.45) is 5.92 Å². The summed E-state index contributed by atoms with van der Waals surface area (Å²) >= 11 is 0. The van der Waals surface area contributed by atoms with E-state index in [1.54, 1.807) is 0 Å². The molecule has 1 atom stereocenters. The third-order valence-corrected chi connectivity index (χ3v) is 4.35. The molecular weight excluding hydrogens is 326 g/mol. The standard InChI is InChI=1S/C13H13F4NO3S/c1-8-2-3-10(5-11(8)13(14,15)16)18-6-9(4-12(18)19)7-22(17,20)21/h2-3,5,9H,4,6-7H2,1H3. The number of nitrogens with zero attached hydrogens (tertiary/aromatic N) is 1. The van der Waals surface area contributed by atoms with E-state index in [0.29, 0.717) is 0 Å². The molecule has 0 aliphatic carbocycles. The fraction of sp³-hybridized carbons (Fsp3) is 0.462. The lowest BCUT2D eigenvalue weighted by molar-refractivity contribution is -0.138. The highest BCUT2D eigenvalue weighted by molar-refractivity contribution is 7.86. The lowest BCUT2D eigenvalue weighted by atomic mass is 10.1. The second-order valence-corrected chi connectivity index (χ2v) is 6.69. The van der Waals surface area contributed by atoms with Gasteiger partial charge in [0.2, 0.25) is 5.91 Å². The van der Waals surface area contributed by atoms with Crippen LogP contribution in [0.1, 0.15) is 17.5 Å². The highest BCUT2D eigenvalue weighted by Gasteiger charge is 2.36. The molecule has 1 fully saturated rings. The molecule has 1 amide bonds. The fourth-order valence-corrected chi connectivity index (χ4v) is 3.29. The molecule has 0 saturated carbocycles. The topological polar surface area (TPSA) is 54.5 Å². The Morgan fingerprint density at radius 1 is 1.32 bits per heavy atom. The maximum absolute atomic E-state index is 12.9. The van der Waals surface area contributed by atoms with Gasteiger partial charge in [-0.1, -0.05) is 6.07 Å². The minimum Gasteiger partial charge on any atom is -0.312 e. The Labute approximate surface area is 124 Å². The second kappa shape index (κ2) is 5.53. The molecule has 122 valence electrons. The fourth-order valence-electron chi connectivity index (χ4n) is 2.51. The number of benzene rings is 1. The maximum Gasteiger partial charge on any atom is 0.416 e. The summed E-state index contributed by atoms with van der Waals surface area (Å²) in [6.45, 7) is 1.18. The van der Waals surface area contributed by atoms with E-state index in [1.807, 2.05) is 0 Å². The van der Waals surface area contributed by atoms with E-state index in [9.17, 15) is 30.3 Å². The third-order valence-electron chi connectivity index (χ3n) is 3.48. The van der Waals surface area contributed by atoms with Crippen LogP contribution in [-0.2, 0) is 21.2 Å². The number of halogens is 4. The lowest BCUT2D eigenvalue weighted by Crippen LogP contribution is -2.26. The number of amides is 1. The summed E-state index contributed by atoms with van der Waals surface area (Å²) in [4.78, 5) is 12.9. The minimum atomic E-state index is -4.73. The molecule has 0 aromatic heterocycles. The van der Waals surface area contributed by atoms with Crippen LogP contribution in [0.4, 0.5) is 22.7 Å². The van der Waals surface area contributed by atoms with Crippen molar-refractivity contribution < 1.29 is 30.3 Å². The molecule has 0 radical (unpaired) electrons. The zero-order valence-electron chi connectivity index (χ0n) is 11.5. The van der Waals surface area contributed by atoms with Crippen molar-refractivity contribution >= 4 is 21.8 Å². The maximum atomic E-state index is 12.9. The van der Waals surface area contributed by atoms with Gasteiger partial charge in [-0.05, 0) is 24.6 Å². The first kappa shape index (κ1) is 16.7. The van der Waals surface area contributed by atoms with Gasteiger partial charge in [-0.3, -0.25) is 4.79 Å². The van der Waals surface area contributed by atoms with Gasteiger partial charge in [0.1, 0.15) is 0 Å². The number of aryl methyl sites for hydroxylation is 1. The van der Waals surface area contributed by atoms with Crippen LogP contribution in [0.3, 0.4) is 0 Å². The summed E-state index contributed by atoms with van der Waals surface area (Å²) in [6.07, 6.45) is -4.76. The minimum absolute atomic E-state index is 0.0192. The normalized spacial score (nSPS) is 19.8. The Kier molecular flexibility index (Phi) is 4.20. The largest absolute Gasteiger partial charge is 0.416 e. The monoisotopic (exact) mass is 339 g/mol. The predicted octanol–water partition coefficient (Wildman–Crippen LogP) is 2.67. The van der Waals surface area contributed by atoms with E-state index >= 15 is 0 Å². The molecular formula is C13H13F4NO3S. The van der Waals surface area contributed by atoms with Gasteiger partial charge in [0, 0.05) is 24.6 Å². The zero-order chi connectivity index (χ0) is 16.7. The molecule has 1 aromatic rings. The third kappa shape index (κ3) is 3.76. The number of alkyl halides is 3. The molecule has 1 aliphatic rings. The van der Waals surface area contributed by atoms with Crippen LogP contribution in [0.25, 0.3) is 0 Å². The van der Waals surface area contributed by atoms with Gasteiger partial charge in [0.05, 0.1) is 11.3 Å². The van der Waals surface area contributed by atoms with Gasteiger partial charge in [0.25, 0.3) is 0 Å². The van der Waals surface area contributed by atoms with Crippen LogP contribution < -0.4 is 4.90 Å². The van der Waals surface area contributed by atoms with Crippen LogP contribution >= 0.6 is 0 Å². The Morgan fingerprint density at radius 2 is 1.95 bits per heavy atom. The first-order valence-corrected chi connectivity index (χ1v) is 7.93. The first-order chi connectivity index (χ1) is 9.97. The quantitative estimate of drug-likeness (QED) is 0.628. The van der Waals surface area contributed by atoms with Gasteiger partial charge < -0.3 is 4.90 Å². The van der Waals surface area contributed by atoms with Crippen LogP contribution in [0.2, 0.25) is 0 Å². The van der Waals surface area contributed by atoms with E-state index in [1.165, 1.54) is 19.1 Å². The second-order valence-electron chi connectivity index (χ2n) is 5.28. The SMILES string of the molecule is Cc1ccc(N2CC(CS(=O)(=O)F)CC2=O)cc1C(F)(F)F. The molecule has 0 N–H and O–H groups in total. The summed E-state index contributed by atoms with van der Waals surface area (Å²) in [5.74, 6) is -2.10. The van der Waals surface area contributed by atoms with Crippen molar-refractivity contribution in [3.05, 3.63) is 29.3 Å². The number of carbonyl (C=O) groups excluding carboxylic acids is 1. The van der Waals surface area contributed by atoms with Crippen LogP contribution in [-0.4, -0.2) is 26.6 Å². The Balaban J connectivity index is 2.28. The summed E-state index contributed by atoms with van der Waals surface area (Å²) in [7, 11) is -4.73. The van der Waals surface area contributed by atoms with Gasteiger partial charge in [-0.2, -0.15) is 21.6 Å². The summed E-state index contributed by atoms with van der Waals surface area (Å²) in [5.41, 5.74) is -0.813. The molecule has 1 unspecified atom stereocenters. The van der Waals surface area contributed by atoms with E-state index < -0.39 is 39.5 Å². The zero-order valence-corrected chi connectivity index (χ0v) is 12.3. The Bertz CT molecular complexity index is 700. The van der Waals surface area contributed by atoms with Crippen molar-refractivity contribution in [2.75, 3.05) is 17.2 Å². The van der Waals surface area contributed by atoms with E-state index in [4.69, 9.17) is 0 Å². The number of hydrogen-bond donors (Lipinski definition) is 0. The number of anilines is 1. The van der Waals surface area contributed by atoms with Crippen molar-refractivity contribution in [1.29, 1.82) is 0 Å². The highest BCUT2D eigenvalue weighted by atomic mass is 32.3. The summed E-state index contributed by atoms with van der Waals surface area (Å²) < 4.78 is 72.5. The first-order valence-electron chi connectivity index (χ1n) is 6.38. The number of hydrogen-bond acceptors (Lipinski definition) is 3. The van der Waals surface area contributed by atoms with E-state index in [0.717, 1.165) is 11.0 Å². The molecule has 22 heavy (non-hydrogen) atoms. The van der Waals surface area contributed by atoms with Gasteiger partial charge in [0.15, 0.2) is 0 Å². The molecule has 0 bridgehead atoms. The predicted molar refractivity (Wildman–Crippen MR) is 71.5 cm³/mol. The molecule has 9 heteroatoms. The molecule has 1 aliphatic heterocycles. The molecule has 1 saturated heterocycles. The average Bonchev–Trinajstić information content (AvgIpc) is 2.66. The lowest BCUT2D eigenvalue weighted by Gasteiger charge is -2.19. The Hall–Kier alpha value is -1.64. The summed E-state index contributed by atoms with van der Waals surface area (Å²) in [5, 5.41) is 0. The molecule has 1 aromatic carbocycles. The molecule has 2 rings (SSSR count). The van der Waals surface area contributed by atoms with Gasteiger partial charge in [-0.25, -0.2) is 0 Å². The van der Waals surface area contributed by atoms with Crippen molar-refractivity contribution in [1.82, 2.24) is 0 Å². The van der Waals surface area contributed by atoms with Crippen LogP contribution in [0.15, 0.2) is 18.2 Å². The van der Waals surface area contributed by atoms with E-state index in [2.05, 4.69) is 0 Å². The molecule has 1 heterocycles. The molecule has 4 nitrogen and oxygen atoms in total. The Morgan fingerprint density at radius 3 is 2.50 bits per heavy atom. The van der Waals surface area contributed by atoms with Crippen molar-refractivity contribution in [2.45, 2.75) is 19.5 Å². The average molecular weight is 339 g/mol. The van der Waals surface area contributed by atoms with Crippen molar-refractivity contribution in [3.63, 3.8) is 0 Å². The number of carbonyl (C=O) groups is 1. The van der Waals surface area contributed by atoms with Crippen LogP contribution in [0, 0.1) is 12.8 Å². The van der Waals surface area contributed by atoms with Gasteiger partial charge in [-0.15, -0.1) is 3.89 Å². The number of rotatable bonds is 3. The van der Waals surface area contributed by atoms with Crippen LogP contribution in [0.5, 0.6) is 0 Å². The highest BCUT2D eigenvalue weighted by Crippen LogP contribution is 2.35. The summed E-state index contributed by atoms with van der Waals surface area (Å²) in [6, 6.07) is 3.44.